The van der Waals surface area contributed by atoms with E-state index < -0.39 is 7.60 Å². The molecule has 0 aromatic heterocycles. The molecule has 0 aliphatic heterocycles. The van der Waals surface area contributed by atoms with Crippen molar-refractivity contribution < 1.29 is 14.0 Å². The van der Waals surface area contributed by atoms with E-state index in [0.717, 1.165) is 0 Å². The third kappa shape index (κ3) is 4.65. The summed E-state index contributed by atoms with van der Waals surface area (Å²) in [6.45, 7) is -0.00543. The minimum absolute atomic E-state index is 0.00543. The van der Waals surface area contributed by atoms with Gasteiger partial charge >= 0.3 is 7.60 Å². The molecule has 2 N–H and O–H groups in total. The van der Waals surface area contributed by atoms with Crippen LogP contribution in [0.15, 0.2) is 24.3 Å². The SMILES string of the molecule is N#CCNCP(=O)(O)Oc1ccc(Cl)cc1. The van der Waals surface area contributed by atoms with E-state index in [9.17, 15) is 9.46 Å². The lowest BCUT2D eigenvalue weighted by Gasteiger charge is -2.12. The van der Waals surface area contributed by atoms with Crippen LogP contribution in [0.1, 0.15) is 0 Å². The van der Waals surface area contributed by atoms with Crippen LogP contribution in [0, 0.1) is 11.3 Å². The van der Waals surface area contributed by atoms with E-state index in [-0.39, 0.29) is 18.6 Å². The summed E-state index contributed by atoms with van der Waals surface area (Å²) in [5.41, 5.74) is 0. The van der Waals surface area contributed by atoms with Crippen molar-refractivity contribution in [3.8, 4) is 11.8 Å². The third-order valence-electron chi connectivity index (χ3n) is 1.58. The quantitative estimate of drug-likeness (QED) is 0.480. The number of benzene rings is 1. The van der Waals surface area contributed by atoms with E-state index in [1.807, 2.05) is 0 Å². The highest BCUT2D eigenvalue weighted by Crippen LogP contribution is 2.41. The van der Waals surface area contributed by atoms with Gasteiger partial charge in [-0.25, -0.2) is 4.57 Å². The second-order valence-electron chi connectivity index (χ2n) is 2.93. The van der Waals surface area contributed by atoms with Gasteiger partial charge in [-0.2, -0.15) is 5.26 Å². The molecular formula is C9H10ClN2O3P. The maximum atomic E-state index is 11.5. The lowest BCUT2D eigenvalue weighted by atomic mass is 10.3. The van der Waals surface area contributed by atoms with Gasteiger partial charge in [0.25, 0.3) is 0 Å². The molecule has 0 aliphatic rings. The summed E-state index contributed by atoms with van der Waals surface area (Å²) in [7, 11) is -3.76. The van der Waals surface area contributed by atoms with Gasteiger partial charge in [0, 0.05) is 5.02 Å². The summed E-state index contributed by atoms with van der Waals surface area (Å²) >= 11 is 5.65. The number of nitrogens with zero attached hydrogens (tertiary/aromatic N) is 1. The molecule has 0 saturated heterocycles. The minimum atomic E-state index is -3.76. The van der Waals surface area contributed by atoms with Crippen LogP contribution in [-0.4, -0.2) is 17.7 Å². The third-order valence-corrected chi connectivity index (χ3v) is 2.95. The summed E-state index contributed by atoms with van der Waals surface area (Å²) in [4.78, 5) is 9.39. The largest absolute Gasteiger partial charge is 0.424 e. The first-order valence-electron chi connectivity index (χ1n) is 4.38. The van der Waals surface area contributed by atoms with Crippen LogP contribution < -0.4 is 9.84 Å². The Kier molecular flexibility index (Phi) is 4.78. The van der Waals surface area contributed by atoms with E-state index >= 15 is 0 Å². The van der Waals surface area contributed by atoms with E-state index in [2.05, 4.69) is 5.32 Å². The first-order chi connectivity index (χ1) is 7.53. The van der Waals surface area contributed by atoms with Gasteiger partial charge in [-0.05, 0) is 24.3 Å². The summed E-state index contributed by atoms with van der Waals surface area (Å²) in [5, 5.41) is 11.2. The van der Waals surface area contributed by atoms with Crippen molar-refractivity contribution in [1.29, 1.82) is 5.26 Å². The Bertz CT molecular complexity index is 429. The Morgan fingerprint density at radius 1 is 1.50 bits per heavy atom. The normalized spacial score (nSPS) is 13.8. The molecule has 5 nitrogen and oxygen atoms in total. The van der Waals surface area contributed by atoms with Crippen molar-refractivity contribution in [2.24, 2.45) is 0 Å². The molecule has 0 aliphatic carbocycles. The Morgan fingerprint density at radius 3 is 2.69 bits per heavy atom. The van der Waals surface area contributed by atoms with Gasteiger partial charge in [0.1, 0.15) is 12.0 Å². The second kappa shape index (κ2) is 5.88. The zero-order chi connectivity index (χ0) is 12.0. The number of hydrogen-bond donors (Lipinski definition) is 2. The fourth-order valence-electron chi connectivity index (χ4n) is 0.946. The van der Waals surface area contributed by atoms with Crippen LogP contribution in [0.25, 0.3) is 0 Å². The molecule has 0 amide bonds. The number of hydrogen-bond acceptors (Lipinski definition) is 4. The average molecular weight is 261 g/mol. The van der Waals surface area contributed by atoms with Crippen LogP contribution in [0.4, 0.5) is 0 Å². The lowest BCUT2D eigenvalue weighted by Crippen LogP contribution is -2.17. The van der Waals surface area contributed by atoms with Gasteiger partial charge < -0.3 is 9.42 Å². The van der Waals surface area contributed by atoms with Crippen LogP contribution >= 0.6 is 19.2 Å². The lowest BCUT2D eigenvalue weighted by molar-refractivity contribution is 0.375. The summed E-state index contributed by atoms with van der Waals surface area (Å²) < 4.78 is 16.4. The number of nitriles is 1. The molecule has 1 unspecified atom stereocenters. The first-order valence-corrected chi connectivity index (χ1v) is 6.52. The fraction of sp³-hybridized carbons (Fsp3) is 0.222. The summed E-state index contributed by atoms with van der Waals surface area (Å²) in [6, 6.07) is 7.90. The predicted molar refractivity (Wildman–Crippen MR) is 60.4 cm³/mol. The highest BCUT2D eigenvalue weighted by molar-refractivity contribution is 7.53. The van der Waals surface area contributed by atoms with Crippen LogP contribution in [0.2, 0.25) is 5.02 Å². The summed E-state index contributed by atoms with van der Waals surface area (Å²) in [5.74, 6) is 0.258. The van der Waals surface area contributed by atoms with Crippen molar-refractivity contribution in [1.82, 2.24) is 5.32 Å². The minimum Gasteiger partial charge on any atom is -0.424 e. The monoisotopic (exact) mass is 260 g/mol. The maximum absolute atomic E-state index is 11.5. The van der Waals surface area contributed by atoms with E-state index in [4.69, 9.17) is 21.4 Å². The molecule has 86 valence electrons. The van der Waals surface area contributed by atoms with E-state index in [0.29, 0.717) is 5.02 Å². The highest BCUT2D eigenvalue weighted by Gasteiger charge is 2.19. The Hall–Kier alpha value is -1.05. The molecule has 16 heavy (non-hydrogen) atoms. The van der Waals surface area contributed by atoms with Crippen molar-refractivity contribution in [3.63, 3.8) is 0 Å². The highest BCUT2D eigenvalue weighted by atomic mass is 35.5. The van der Waals surface area contributed by atoms with Gasteiger partial charge in [-0.1, -0.05) is 11.6 Å². The Labute approximate surface area is 98.1 Å². The molecule has 0 spiro atoms. The molecule has 0 bridgehead atoms. The molecule has 1 aromatic carbocycles. The Morgan fingerprint density at radius 2 is 2.12 bits per heavy atom. The molecule has 0 fully saturated rings. The topological polar surface area (TPSA) is 82.4 Å². The van der Waals surface area contributed by atoms with Crippen LogP contribution in [0.3, 0.4) is 0 Å². The first kappa shape index (κ1) is 13.0. The van der Waals surface area contributed by atoms with Gasteiger partial charge in [-0.3, -0.25) is 5.32 Å². The number of nitrogens with one attached hydrogen (secondary N) is 1. The number of rotatable bonds is 5. The van der Waals surface area contributed by atoms with Crippen molar-refractivity contribution >= 4 is 19.2 Å². The van der Waals surface area contributed by atoms with Crippen molar-refractivity contribution in [2.75, 3.05) is 12.8 Å². The van der Waals surface area contributed by atoms with E-state index in [1.165, 1.54) is 12.1 Å². The fourth-order valence-corrected chi connectivity index (χ4v) is 1.98. The smallest absolute Gasteiger partial charge is 0.390 e. The summed E-state index contributed by atoms with van der Waals surface area (Å²) in [6.07, 6.45) is -0.275. The zero-order valence-electron chi connectivity index (χ0n) is 8.26. The maximum Gasteiger partial charge on any atom is 0.390 e. The Balaban J connectivity index is 2.55. The molecule has 1 rings (SSSR count). The molecule has 1 atom stereocenters. The van der Waals surface area contributed by atoms with Crippen molar-refractivity contribution in [3.05, 3.63) is 29.3 Å². The second-order valence-corrected chi connectivity index (χ2v) is 5.14. The average Bonchev–Trinajstić information content (AvgIpc) is 2.21. The van der Waals surface area contributed by atoms with Gasteiger partial charge in [0.2, 0.25) is 0 Å². The van der Waals surface area contributed by atoms with E-state index in [1.54, 1.807) is 18.2 Å². The van der Waals surface area contributed by atoms with Crippen LogP contribution in [0.5, 0.6) is 5.75 Å². The van der Waals surface area contributed by atoms with Gasteiger partial charge in [-0.15, -0.1) is 0 Å². The molecule has 7 heteroatoms. The molecular weight excluding hydrogens is 251 g/mol. The van der Waals surface area contributed by atoms with Crippen LogP contribution in [-0.2, 0) is 4.57 Å². The molecule has 0 heterocycles. The number of halogens is 1. The predicted octanol–water partition coefficient (Wildman–Crippen LogP) is 1.97. The van der Waals surface area contributed by atoms with Gasteiger partial charge in [0.15, 0.2) is 0 Å². The van der Waals surface area contributed by atoms with Gasteiger partial charge in [0.05, 0.1) is 12.6 Å². The molecule has 0 saturated carbocycles. The molecule has 1 aromatic rings. The zero-order valence-corrected chi connectivity index (χ0v) is 9.91. The molecule has 0 radical (unpaired) electrons. The standard InChI is InChI=1S/C9H10ClN2O3P/c10-8-1-3-9(4-2-8)15-16(13,14)7-12-6-5-11/h1-4,12H,6-7H2,(H,13,14). The van der Waals surface area contributed by atoms with Crippen molar-refractivity contribution in [2.45, 2.75) is 0 Å².